The minimum atomic E-state index is -0.672. The van der Waals surface area contributed by atoms with Gasteiger partial charge in [0.25, 0.3) is 0 Å². The molecule has 3 atom stereocenters. The van der Waals surface area contributed by atoms with Crippen molar-refractivity contribution in [3.8, 4) is 0 Å². The van der Waals surface area contributed by atoms with E-state index < -0.39 is 12.1 Å². The number of urea groups is 1. The van der Waals surface area contributed by atoms with E-state index in [0.717, 1.165) is 26.1 Å². The largest absolute Gasteiger partial charge is 0.380 e. The van der Waals surface area contributed by atoms with Gasteiger partial charge >= 0.3 is 6.03 Å². The van der Waals surface area contributed by atoms with E-state index in [1.54, 1.807) is 14.0 Å². The number of primary amides is 1. The Hall–Kier alpha value is -1.34. The standard InChI is InChI=1S/C14H26N4O3/c1-10(16-14(15)20)13(19)18-9-12(21-2)7-11(18)8-17-5-3-4-6-17/h10-12H,3-9H2,1-2H3,(H3,15,16,20)/t10-,11-,12-/m0/s1. The number of hydrogen-bond donors (Lipinski definition) is 2. The Balaban J connectivity index is 1.98. The zero-order chi connectivity index (χ0) is 15.4. The normalized spacial score (nSPS) is 27.8. The van der Waals surface area contributed by atoms with Gasteiger partial charge in [0.05, 0.1) is 6.10 Å². The molecule has 0 aromatic carbocycles. The van der Waals surface area contributed by atoms with Gasteiger partial charge in [0.15, 0.2) is 0 Å². The van der Waals surface area contributed by atoms with Crippen molar-refractivity contribution >= 4 is 11.9 Å². The van der Waals surface area contributed by atoms with Crippen LogP contribution < -0.4 is 11.1 Å². The molecule has 2 saturated heterocycles. The van der Waals surface area contributed by atoms with Crippen LogP contribution in [0.3, 0.4) is 0 Å². The number of amides is 3. The molecule has 0 aromatic heterocycles. The third-order valence-corrected chi connectivity index (χ3v) is 4.39. The van der Waals surface area contributed by atoms with E-state index in [0.29, 0.717) is 6.54 Å². The lowest BCUT2D eigenvalue weighted by Gasteiger charge is -2.30. The SMILES string of the molecule is CO[C@H]1C[C@@H](CN2CCCC2)N(C(=O)[C@H](C)NC(N)=O)C1. The number of nitrogens with two attached hydrogens (primary N) is 1. The second kappa shape index (κ2) is 7.09. The number of carbonyl (C=O) groups is 2. The van der Waals surface area contributed by atoms with Crippen LogP contribution in [0.15, 0.2) is 0 Å². The third kappa shape index (κ3) is 4.07. The van der Waals surface area contributed by atoms with Crippen molar-refractivity contribution < 1.29 is 14.3 Å². The Morgan fingerprint density at radius 2 is 2.05 bits per heavy atom. The van der Waals surface area contributed by atoms with E-state index in [1.807, 2.05) is 4.90 Å². The quantitative estimate of drug-likeness (QED) is 0.733. The highest BCUT2D eigenvalue weighted by Gasteiger charge is 2.38. The molecule has 0 aliphatic carbocycles. The van der Waals surface area contributed by atoms with Crippen LogP contribution in [0.5, 0.6) is 0 Å². The number of nitrogens with one attached hydrogen (secondary N) is 1. The molecule has 2 aliphatic heterocycles. The Labute approximate surface area is 125 Å². The fraction of sp³-hybridized carbons (Fsp3) is 0.857. The summed E-state index contributed by atoms with van der Waals surface area (Å²) in [5, 5.41) is 2.46. The van der Waals surface area contributed by atoms with Crippen molar-refractivity contribution in [1.29, 1.82) is 0 Å². The van der Waals surface area contributed by atoms with Gasteiger partial charge in [-0.15, -0.1) is 0 Å². The molecule has 0 unspecified atom stereocenters. The van der Waals surface area contributed by atoms with E-state index >= 15 is 0 Å². The van der Waals surface area contributed by atoms with E-state index in [9.17, 15) is 9.59 Å². The monoisotopic (exact) mass is 298 g/mol. The average Bonchev–Trinajstić information content (AvgIpc) is 3.07. The molecular weight excluding hydrogens is 272 g/mol. The topological polar surface area (TPSA) is 87.9 Å². The van der Waals surface area contributed by atoms with Crippen molar-refractivity contribution in [2.45, 2.75) is 44.4 Å². The summed E-state index contributed by atoms with van der Waals surface area (Å²) >= 11 is 0. The lowest BCUT2D eigenvalue weighted by molar-refractivity contribution is -0.134. The summed E-state index contributed by atoms with van der Waals surface area (Å²) in [5.41, 5.74) is 5.10. The van der Waals surface area contributed by atoms with Crippen molar-refractivity contribution in [2.24, 2.45) is 5.73 Å². The molecule has 0 bridgehead atoms. The third-order valence-electron chi connectivity index (χ3n) is 4.39. The molecule has 2 rings (SSSR count). The number of likely N-dealkylation sites (tertiary alicyclic amines) is 2. The number of ether oxygens (including phenoxy) is 1. The molecule has 0 radical (unpaired) electrons. The first-order valence-electron chi connectivity index (χ1n) is 7.63. The molecule has 2 aliphatic rings. The van der Waals surface area contributed by atoms with Crippen LogP contribution in [0.2, 0.25) is 0 Å². The zero-order valence-corrected chi connectivity index (χ0v) is 12.9. The van der Waals surface area contributed by atoms with Crippen molar-refractivity contribution in [3.05, 3.63) is 0 Å². The Morgan fingerprint density at radius 3 is 2.62 bits per heavy atom. The van der Waals surface area contributed by atoms with Gasteiger partial charge in [-0.2, -0.15) is 0 Å². The average molecular weight is 298 g/mol. The number of rotatable bonds is 5. The summed E-state index contributed by atoms with van der Waals surface area (Å²) < 4.78 is 5.42. The van der Waals surface area contributed by atoms with Gasteiger partial charge in [0, 0.05) is 26.2 Å². The van der Waals surface area contributed by atoms with E-state index in [1.165, 1.54) is 12.8 Å². The van der Waals surface area contributed by atoms with Crippen LogP contribution in [-0.2, 0) is 9.53 Å². The molecule has 120 valence electrons. The van der Waals surface area contributed by atoms with E-state index in [4.69, 9.17) is 10.5 Å². The fourth-order valence-corrected chi connectivity index (χ4v) is 3.27. The minimum Gasteiger partial charge on any atom is -0.380 e. The molecule has 3 amide bonds. The van der Waals surface area contributed by atoms with Gasteiger partial charge < -0.3 is 25.6 Å². The minimum absolute atomic E-state index is 0.0716. The molecule has 0 aromatic rings. The van der Waals surface area contributed by atoms with Gasteiger partial charge in [0.1, 0.15) is 6.04 Å². The van der Waals surface area contributed by atoms with Crippen LogP contribution in [0.25, 0.3) is 0 Å². The van der Waals surface area contributed by atoms with Crippen molar-refractivity contribution in [2.75, 3.05) is 33.3 Å². The number of nitrogens with zero attached hydrogens (tertiary/aromatic N) is 2. The Bertz CT molecular complexity index is 384. The zero-order valence-electron chi connectivity index (χ0n) is 12.9. The van der Waals surface area contributed by atoms with Crippen LogP contribution in [0.1, 0.15) is 26.2 Å². The summed E-state index contributed by atoms with van der Waals surface area (Å²) in [6, 6.07) is -1.12. The van der Waals surface area contributed by atoms with Gasteiger partial charge in [-0.1, -0.05) is 0 Å². The van der Waals surface area contributed by atoms with Crippen LogP contribution in [0.4, 0.5) is 4.79 Å². The highest BCUT2D eigenvalue weighted by Crippen LogP contribution is 2.23. The summed E-state index contributed by atoms with van der Waals surface area (Å²) in [6.45, 7) is 5.34. The molecule has 21 heavy (non-hydrogen) atoms. The molecule has 2 heterocycles. The van der Waals surface area contributed by atoms with Crippen LogP contribution in [0, 0.1) is 0 Å². The lowest BCUT2D eigenvalue weighted by Crippen LogP contribution is -2.52. The second-order valence-corrected chi connectivity index (χ2v) is 5.98. The molecular formula is C14H26N4O3. The van der Waals surface area contributed by atoms with Crippen LogP contribution >= 0.6 is 0 Å². The predicted molar refractivity (Wildman–Crippen MR) is 78.8 cm³/mol. The first-order chi connectivity index (χ1) is 10.0. The second-order valence-electron chi connectivity index (χ2n) is 5.98. The van der Waals surface area contributed by atoms with E-state index in [2.05, 4.69) is 10.2 Å². The predicted octanol–water partition coefficient (Wildman–Crippen LogP) is -0.245. The fourth-order valence-electron chi connectivity index (χ4n) is 3.27. The maximum Gasteiger partial charge on any atom is 0.312 e. The van der Waals surface area contributed by atoms with Crippen LogP contribution in [-0.4, -0.2) is 73.2 Å². The lowest BCUT2D eigenvalue weighted by atomic mass is 10.1. The maximum atomic E-state index is 12.5. The maximum absolute atomic E-state index is 12.5. The first kappa shape index (κ1) is 16.0. The summed E-state index contributed by atoms with van der Waals surface area (Å²) in [4.78, 5) is 27.7. The Kier molecular flexibility index (Phi) is 5.41. The highest BCUT2D eigenvalue weighted by atomic mass is 16.5. The van der Waals surface area contributed by atoms with Gasteiger partial charge in [-0.25, -0.2) is 4.79 Å². The molecule has 7 nitrogen and oxygen atoms in total. The molecule has 2 fully saturated rings. The highest BCUT2D eigenvalue weighted by molar-refractivity contribution is 5.86. The number of carbonyl (C=O) groups excluding carboxylic acids is 2. The Morgan fingerprint density at radius 1 is 1.38 bits per heavy atom. The smallest absolute Gasteiger partial charge is 0.312 e. The molecule has 0 saturated carbocycles. The molecule has 3 N–H and O–H groups in total. The summed E-state index contributed by atoms with van der Waals surface area (Å²) in [7, 11) is 1.68. The van der Waals surface area contributed by atoms with E-state index in [-0.39, 0.29) is 18.1 Å². The summed E-state index contributed by atoms with van der Waals surface area (Å²) in [5.74, 6) is -0.0856. The van der Waals surface area contributed by atoms with Crippen molar-refractivity contribution in [3.63, 3.8) is 0 Å². The molecule has 0 spiro atoms. The number of methoxy groups -OCH3 is 1. The summed E-state index contributed by atoms with van der Waals surface area (Å²) in [6.07, 6.45) is 3.38. The molecule has 7 heteroatoms. The van der Waals surface area contributed by atoms with Gasteiger partial charge in [0.2, 0.25) is 5.91 Å². The van der Waals surface area contributed by atoms with Gasteiger partial charge in [-0.3, -0.25) is 4.79 Å². The van der Waals surface area contributed by atoms with Crippen molar-refractivity contribution in [1.82, 2.24) is 15.1 Å². The number of hydrogen-bond acceptors (Lipinski definition) is 4. The van der Waals surface area contributed by atoms with Gasteiger partial charge in [-0.05, 0) is 39.3 Å². The first-order valence-corrected chi connectivity index (χ1v) is 7.63.